The zero-order valence-electron chi connectivity index (χ0n) is 16.7. The highest BCUT2D eigenvalue weighted by Crippen LogP contribution is 2.27. The van der Waals surface area contributed by atoms with Gasteiger partial charge in [0.2, 0.25) is 0 Å². The van der Waals surface area contributed by atoms with E-state index in [-0.39, 0.29) is 22.7 Å². The third kappa shape index (κ3) is 4.80. The Hall–Kier alpha value is -2.90. The quantitative estimate of drug-likeness (QED) is 0.519. The highest BCUT2D eigenvalue weighted by Gasteiger charge is 2.24. The number of benzene rings is 2. The van der Waals surface area contributed by atoms with Gasteiger partial charge >= 0.3 is 6.03 Å². The molecule has 0 bridgehead atoms. The molecule has 0 unspecified atom stereocenters. The monoisotopic (exact) mass is 431 g/mol. The Labute approximate surface area is 178 Å². The van der Waals surface area contributed by atoms with Gasteiger partial charge in [0.1, 0.15) is 5.82 Å². The van der Waals surface area contributed by atoms with Gasteiger partial charge in [-0.25, -0.2) is 9.18 Å². The lowest BCUT2D eigenvalue weighted by Crippen LogP contribution is -2.39. The van der Waals surface area contributed by atoms with E-state index < -0.39 is 5.82 Å². The number of fused-ring (bicyclic) bond motifs is 1. The molecule has 2 N–H and O–H groups in total. The molecule has 0 fully saturated rings. The Morgan fingerprint density at radius 2 is 2.00 bits per heavy atom. The third-order valence-corrected chi connectivity index (χ3v) is 5.16. The number of carbonyl (C=O) groups excluding carboxylic acids is 1. The van der Waals surface area contributed by atoms with Crippen molar-refractivity contribution in [2.75, 3.05) is 25.1 Å². The fourth-order valence-corrected chi connectivity index (χ4v) is 3.47. The Balaban J connectivity index is 1.92. The summed E-state index contributed by atoms with van der Waals surface area (Å²) in [6.45, 7) is 4.95. The molecule has 158 valence electrons. The average molecular weight is 432 g/mol. The van der Waals surface area contributed by atoms with Crippen LogP contribution in [0.1, 0.15) is 25.5 Å². The highest BCUT2D eigenvalue weighted by atomic mass is 35.5. The molecule has 6 nitrogen and oxygen atoms in total. The first-order valence-electron chi connectivity index (χ1n) is 9.63. The predicted molar refractivity (Wildman–Crippen MR) is 117 cm³/mol. The van der Waals surface area contributed by atoms with Gasteiger partial charge in [0.25, 0.3) is 5.56 Å². The van der Waals surface area contributed by atoms with Gasteiger partial charge in [-0.3, -0.25) is 4.79 Å². The van der Waals surface area contributed by atoms with E-state index >= 15 is 0 Å². The number of pyridine rings is 1. The topological polar surface area (TPSA) is 74.4 Å². The number of urea groups is 1. The maximum Gasteiger partial charge on any atom is 0.322 e. The Morgan fingerprint density at radius 3 is 2.70 bits per heavy atom. The van der Waals surface area contributed by atoms with Gasteiger partial charge in [-0.1, -0.05) is 29.8 Å². The standard InChI is InChI=1S/C22H23ClFN3O3/c1-3-30-11-10-27(22(29)26-15-8-9-20(24)19(23)12-15)14(2)18-13-25-21(28)17-7-5-4-6-16(17)18/h4-9,12-14H,3,10-11H2,1-2H3,(H,25,28)(H,26,29)/t14-/m1/s1. The molecule has 2 aromatic carbocycles. The smallest absolute Gasteiger partial charge is 0.322 e. The number of aromatic amines is 1. The van der Waals surface area contributed by atoms with E-state index in [0.717, 1.165) is 10.9 Å². The largest absolute Gasteiger partial charge is 0.380 e. The van der Waals surface area contributed by atoms with Crippen molar-refractivity contribution in [2.45, 2.75) is 19.9 Å². The summed E-state index contributed by atoms with van der Waals surface area (Å²) < 4.78 is 18.9. The van der Waals surface area contributed by atoms with Crippen molar-refractivity contribution in [1.29, 1.82) is 0 Å². The van der Waals surface area contributed by atoms with E-state index in [9.17, 15) is 14.0 Å². The SMILES string of the molecule is CCOCCN(C(=O)Nc1ccc(F)c(Cl)c1)[C@H](C)c1c[nH]c(=O)c2ccccc12. The van der Waals surface area contributed by atoms with Crippen LogP contribution in [-0.4, -0.2) is 35.7 Å². The summed E-state index contributed by atoms with van der Waals surface area (Å²) in [4.78, 5) is 29.6. The minimum Gasteiger partial charge on any atom is -0.380 e. The van der Waals surface area contributed by atoms with E-state index in [1.807, 2.05) is 26.0 Å². The van der Waals surface area contributed by atoms with Crippen molar-refractivity contribution in [3.8, 4) is 0 Å². The van der Waals surface area contributed by atoms with Crippen molar-refractivity contribution in [3.63, 3.8) is 0 Å². The van der Waals surface area contributed by atoms with Crippen LogP contribution in [0.3, 0.4) is 0 Å². The number of amides is 2. The number of ether oxygens (including phenoxy) is 1. The zero-order chi connectivity index (χ0) is 21.7. The fourth-order valence-electron chi connectivity index (χ4n) is 3.29. The Bertz CT molecular complexity index is 1100. The van der Waals surface area contributed by atoms with Crippen LogP contribution in [-0.2, 0) is 4.74 Å². The average Bonchev–Trinajstić information content (AvgIpc) is 2.74. The molecule has 30 heavy (non-hydrogen) atoms. The van der Waals surface area contributed by atoms with Gasteiger partial charge in [0.05, 0.1) is 17.7 Å². The summed E-state index contributed by atoms with van der Waals surface area (Å²) in [5.41, 5.74) is 0.994. The maximum atomic E-state index is 13.4. The van der Waals surface area contributed by atoms with Crippen molar-refractivity contribution >= 4 is 34.1 Å². The summed E-state index contributed by atoms with van der Waals surface area (Å²) in [6, 6.07) is 10.5. The molecule has 0 radical (unpaired) electrons. The second-order valence-electron chi connectivity index (χ2n) is 6.74. The molecule has 2 amide bonds. The molecule has 1 heterocycles. The van der Waals surface area contributed by atoms with Gasteiger partial charge < -0.3 is 19.9 Å². The molecule has 3 rings (SSSR count). The number of H-pyrrole nitrogens is 1. The number of hydrogen-bond acceptors (Lipinski definition) is 3. The minimum absolute atomic E-state index is 0.0756. The van der Waals surface area contributed by atoms with Crippen molar-refractivity contribution in [3.05, 3.63) is 75.4 Å². The van der Waals surface area contributed by atoms with Crippen LogP contribution in [0, 0.1) is 5.82 Å². The molecule has 0 saturated heterocycles. The normalized spacial score (nSPS) is 12.0. The number of rotatable bonds is 7. The van der Waals surface area contributed by atoms with Gasteiger partial charge in [0.15, 0.2) is 0 Å². The van der Waals surface area contributed by atoms with Crippen LogP contribution in [0.4, 0.5) is 14.9 Å². The number of nitrogens with one attached hydrogen (secondary N) is 2. The molecular weight excluding hydrogens is 409 g/mol. The first kappa shape index (κ1) is 21.8. The summed E-state index contributed by atoms with van der Waals surface area (Å²) in [6.07, 6.45) is 1.63. The number of aromatic nitrogens is 1. The summed E-state index contributed by atoms with van der Waals surface area (Å²) in [5.74, 6) is -0.559. The molecule has 0 spiro atoms. The molecule has 1 aromatic heterocycles. The lowest BCUT2D eigenvalue weighted by atomic mass is 10.0. The summed E-state index contributed by atoms with van der Waals surface area (Å²) in [5, 5.41) is 4.00. The molecule has 0 aliphatic rings. The first-order chi connectivity index (χ1) is 14.4. The maximum absolute atomic E-state index is 13.4. The van der Waals surface area contributed by atoms with Crippen molar-refractivity contribution in [2.24, 2.45) is 0 Å². The van der Waals surface area contributed by atoms with E-state index in [0.29, 0.717) is 30.8 Å². The van der Waals surface area contributed by atoms with Crippen molar-refractivity contribution < 1.29 is 13.9 Å². The van der Waals surface area contributed by atoms with Gasteiger partial charge in [0, 0.05) is 30.4 Å². The van der Waals surface area contributed by atoms with E-state index in [1.165, 1.54) is 18.2 Å². The lowest BCUT2D eigenvalue weighted by Gasteiger charge is -2.30. The molecule has 1 atom stereocenters. The van der Waals surface area contributed by atoms with Crippen molar-refractivity contribution in [1.82, 2.24) is 9.88 Å². The van der Waals surface area contributed by atoms with Crippen LogP contribution in [0.15, 0.2) is 53.5 Å². The van der Waals surface area contributed by atoms with Crippen LogP contribution in [0.2, 0.25) is 5.02 Å². The lowest BCUT2D eigenvalue weighted by molar-refractivity contribution is 0.111. The van der Waals surface area contributed by atoms with E-state index in [4.69, 9.17) is 16.3 Å². The molecule has 0 aliphatic carbocycles. The first-order valence-corrected chi connectivity index (χ1v) is 10.0. The zero-order valence-corrected chi connectivity index (χ0v) is 17.5. The Kier molecular flexibility index (Phi) is 7.07. The summed E-state index contributed by atoms with van der Waals surface area (Å²) >= 11 is 5.82. The minimum atomic E-state index is -0.559. The summed E-state index contributed by atoms with van der Waals surface area (Å²) in [7, 11) is 0. The predicted octanol–water partition coefficient (Wildman–Crippen LogP) is 4.95. The second kappa shape index (κ2) is 9.73. The van der Waals surface area contributed by atoms with Gasteiger partial charge in [-0.15, -0.1) is 0 Å². The van der Waals surface area contributed by atoms with E-state index in [2.05, 4.69) is 10.3 Å². The number of nitrogens with zero attached hydrogens (tertiary/aromatic N) is 1. The molecular formula is C22H23ClFN3O3. The molecule has 0 aliphatic heterocycles. The van der Waals surface area contributed by atoms with Crippen LogP contribution < -0.4 is 10.9 Å². The second-order valence-corrected chi connectivity index (χ2v) is 7.15. The van der Waals surface area contributed by atoms with Gasteiger partial charge in [-0.2, -0.15) is 0 Å². The number of anilines is 1. The van der Waals surface area contributed by atoms with Crippen LogP contribution in [0.5, 0.6) is 0 Å². The molecule has 8 heteroatoms. The Morgan fingerprint density at radius 1 is 1.27 bits per heavy atom. The number of hydrogen-bond donors (Lipinski definition) is 2. The molecule has 3 aromatic rings. The third-order valence-electron chi connectivity index (χ3n) is 4.87. The van der Waals surface area contributed by atoms with Crippen LogP contribution in [0.25, 0.3) is 10.8 Å². The van der Waals surface area contributed by atoms with Gasteiger partial charge in [-0.05, 0) is 49.1 Å². The van der Waals surface area contributed by atoms with Crippen LogP contribution >= 0.6 is 11.6 Å². The molecule has 0 saturated carbocycles. The van der Waals surface area contributed by atoms with E-state index in [1.54, 1.807) is 23.2 Å². The number of carbonyl (C=O) groups is 1. The number of halogens is 2. The highest BCUT2D eigenvalue weighted by molar-refractivity contribution is 6.31. The fraction of sp³-hybridized carbons (Fsp3) is 0.273.